The highest BCUT2D eigenvalue weighted by Gasteiger charge is 2.50. The zero-order chi connectivity index (χ0) is 16.8. The summed E-state index contributed by atoms with van der Waals surface area (Å²) in [6, 6.07) is 0. The number of aromatic nitrogens is 4. The van der Waals surface area contributed by atoms with E-state index in [0.717, 1.165) is 24.3 Å². The second-order valence-corrected chi connectivity index (χ2v) is 8.61. The van der Waals surface area contributed by atoms with E-state index in [9.17, 15) is 9.59 Å². The molecule has 2 aromatic heterocycles. The average Bonchev–Trinajstić information content (AvgIpc) is 2.91. The van der Waals surface area contributed by atoms with Gasteiger partial charge in [0.2, 0.25) is 0 Å². The summed E-state index contributed by atoms with van der Waals surface area (Å²) in [5.74, 6) is 2.14. The molecule has 1 atom stereocenters. The van der Waals surface area contributed by atoms with Crippen molar-refractivity contribution in [2.75, 3.05) is 11.5 Å². The summed E-state index contributed by atoms with van der Waals surface area (Å²) in [6.07, 6.45) is 3.14. The Morgan fingerprint density at radius 2 is 2.09 bits per heavy atom. The molecular formula is C14H18Cl2N4O2S. The Bertz CT molecular complexity index is 855. The maximum absolute atomic E-state index is 12.5. The molecule has 0 bridgehead atoms. The van der Waals surface area contributed by atoms with E-state index in [4.69, 9.17) is 23.2 Å². The maximum Gasteiger partial charge on any atom is 0.332 e. The molecule has 0 radical (unpaired) electrons. The molecule has 0 saturated heterocycles. The molecular weight excluding hydrogens is 359 g/mol. The minimum Gasteiger partial charge on any atom is -0.328 e. The van der Waals surface area contributed by atoms with Crippen LogP contribution in [-0.2, 0) is 20.6 Å². The Balaban J connectivity index is 1.67. The van der Waals surface area contributed by atoms with Gasteiger partial charge in [0.25, 0.3) is 5.56 Å². The topological polar surface area (TPSA) is 61.8 Å². The highest BCUT2D eigenvalue weighted by molar-refractivity contribution is 7.99. The number of nitrogens with zero attached hydrogens (tertiary/aromatic N) is 4. The van der Waals surface area contributed by atoms with E-state index < -0.39 is 4.33 Å². The van der Waals surface area contributed by atoms with Gasteiger partial charge < -0.3 is 4.57 Å². The lowest BCUT2D eigenvalue weighted by Crippen LogP contribution is -2.39. The largest absolute Gasteiger partial charge is 0.332 e. The van der Waals surface area contributed by atoms with Gasteiger partial charge in [-0.05, 0) is 24.3 Å². The minimum atomic E-state index is -0.537. The zero-order valence-electron chi connectivity index (χ0n) is 13.0. The van der Waals surface area contributed by atoms with Crippen LogP contribution in [0.25, 0.3) is 11.2 Å². The molecule has 1 saturated carbocycles. The van der Waals surface area contributed by atoms with Crippen LogP contribution in [0.1, 0.15) is 12.8 Å². The molecule has 1 aliphatic carbocycles. The molecule has 126 valence electrons. The maximum atomic E-state index is 12.5. The van der Waals surface area contributed by atoms with Crippen LogP contribution in [0.2, 0.25) is 0 Å². The monoisotopic (exact) mass is 376 g/mol. The molecule has 0 aliphatic heterocycles. The molecule has 1 unspecified atom stereocenters. The fourth-order valence-electron chi connectivity index (χ4n) is 2.59. The molecule has 0 amide bonds. The van der Waals surface area contributed by atoms with Gasteiger partial charge in [0.15, 0.2) is 11.2 Å². The van der Waals surface area contributed by atoms with E-state index in [2.05, 4.69) is 4.98 Å². The van der Waals surface area contributed by atoms with Crippen LogP contribution in [0.15, 0.2) is 15.9 Å². The van der Waals surface area contributed by atoms with Gasteiger partial charge in [-0.3, -0.25) is 13.9 Å². The molecule has 1 aliphatic rings. The molecule has 2 heterocycles. The van der Waals surface area contributed by atoms with Gasteiger partial charge in [0.05, 0.1) is 6.33 Å². The molecule has 6 nitrogen and oxygen atoms in total. The summed E-state index contributed by atoms with van der Waals surface area (Å²) in [5.41, 5.74) is 0.263. The highest BCUT2D eigenvalue weighted by Crippen LogP contribution is 2.54. The number of rotatable bonds is 6. The first-order valence-corrected chi connectivity index (χ1v) is 9.30. The Labute approximate surface area is 147 Å². The predicted octanol–water partition coefficient (Wildman–Crippen LogP) is 1.75. The molecule has 2 aromatic rings. The summed E-state index contributed by atoms with van der Waals surface area (Å²) in [5, 5.41) is 0. The summed E-state index contributed by atoms with van der Waals surface area (Å²) in [4.78, 5) is 28.9. The lowest BCUT2D eigenvalue weighted by Gasteiger charge is -2.08. The highest BCUT2D eigenvalue weighted by atomic mass is 35.5. The SMILES string of the molecule is Cn1cnc2c1c(=O)n(CCCSCC1CC1(Cl)Cl)c(=O)n2C. The van der Waals surface area contributed by atoms with Crippen molar-refractivity contribution in [3.63, 3.8) is 0 Å². The number of thioether (sulfide) groups is 1. The van der Waals surface area contributed by atoms with Crippen molar-refractivity contribution in [3.8, 4) is 0 Å². The molecule has 0 spiro atoms. The number of alkyl halides is 2. The van der Waals surface area contributed by atoms with Crippen molar-refractivity contribution in [2.45, 2.75) is 23.7 Å². The van der Waals surface area contributed by atoms with Crippen molar-refractivity contribution in [1.29, 1.82) is 0 Å². The fourth-order valence-corrected chi connectivity index (χ4v) is 4.49. The minimum absolute atomic E-state index is 0.282. The van der Waals surface area contributed by atoms with Gasteiger partial charge >= 0.3 is 5.69 Å². The van der Waals surface area contributed by atoms with E-state index in [1.165, 1.54) is 9.13 Å². The van der Waals surface area contributed by atoms with Crippen molar-refractivity contribution < 1.29 is 0 Å². The van der Waals surface area contributed by atoms with Gasteiger partial charge in [-0.1, -0.05) is 0 Å². The normalized spacial score (nSPS) is 19.4. The van der Waals surface area contributed by atoms with Gasteiger partial charge in [-0.2, -0.15) is 11.8 Å². The molecule has 3 rings (SSSR count). The van der Waals surface area contributed by atoms with Gasteiger partial charge in [0, 0.05) is 26.6 Å². The zero-order valence-corrected chi connectivity index (χ0v) is 15.3. The second kappa shape index (κ2) is 6.18. The Morgan fingerprint density at radius 3 is 2.74 bits per heavy atom. The Morgan fingerprint density at radius 1 is 1.39 bits per heavy atom. The van der Waals surface area contributed by atoms with Crippen LogP contribution in [0, 0.1) is 5.92 Å². The third kappa shape index (κ3) is 3.19. The summed E-state index contributed by atoms with van der Waals surface area (Å²) >= 11 is 13.7. The Kier molecular flexibility index (Phi) is 4.55. The van der Waals surface area contributed by atoms with Gasteiger partial charge in [-0.15, -0.1) is 23.2 Å². The van der Waals surface area contributed by atoms with Crippen molar-refractivity contribution in [2.24, 2.45) is 20.0 Å². The number of fused-ring (bicyclic) bond motifs is 1. The van der Waals surface area contributed by atoms with Crippen molar-refractivity contribution in [1.82, 2.24) is 18.7 Å². The van der Waals surface area contributed by atoms with Crippen LogP contribution < -0.4 is 11.2 Å². The quantitative estimate of drug-likeness (QED) is 0.569. The smallest absolute Gasteiger partial charge is 0.328 e. The van der Waals surface area contributed by atoms with Crippen LogP contribution in [0.5, 0.6) is 0 Å². The van der Waals surface area contributed by atoms with Crippen molar-refractivity contribution in [3.05, 3.63) is 27.2 Å². The van der Waals surface area contributed by atoms with Crippen LogP contribution in [-0.4, -0.2) is 34.5 Å². The van der Waals surface area contributed by atoms with Crippen LogP contribution in [0.3, 0.4) is 0 Å². The van der Waals surface area contributed by atoms with Gasteiger partial charge in [0.1, 0.15) is 4.33 Å². The first-order valence-electron chi connectivity index (χ1n) is 7.39. The lowest BCUT2D eigenvalue weighted by atomic mass is 10.4. The van der Waals surface area contributed by atoms with Crippen LogP contribution in [0.4, 0.5) is 0 Å². The van der Waals surface area contributed by atoms with E-state index in [-0.39, 0.29) is 11.2 Å². The van der Waals surface area contributed by atoms with E-state index in [1.54, 1.807) is 36.8 Å². The number of hydrogen-bond donors (Lipinski definition) is 0. The number of halogens is 2. The molecule has 9 heteroatoms. The van der Waals surface area contributed by atoms with E-state index >= 15 is 0 Å². The molecule has 1 fully saturated rings. The van der Waals surface area contributed by atoms with E-state index in [0.29, 0.717) is 23.6 Å². The predicted molar refractivity (Wildman–Crippen MR) is 94.7 cm³/mol. The number of hydrogen-bond acceptors (Lipinski definition) is 4. The third-order valence-electron chi connectivity index (χ3n) is 4.15. The number of aryl methyl sites for hydroxylation is 2. The standard InChI is InChI=1S/C14H18Cl2N4O2S/c1-18-8-17-11-10(18)12(21)20(13(22)19(11)2)4-3-5-23-7-9-6-14(9,15)16/h8-9H,3-7H2,1-2H3. The first kappa shape index (κ1) is 16.9. The second-order valence-electron chi connectivity index (χ2n) is 5.92. The Hall–Kier alpha value is -0.920. The summed E-state index contributed by atoms with van der Waals surface area (Å²) in [6.45, 7) is 0.400. The lowest BCUT2D eigenvalue weighted by molar-refractivity contribution is 0.594. The van der Waals surface area contributed by atoms with Crippen molar-refractivity contribution >= 4 is 46.1 Å². The van der Waals surface area contributed by atoms with E-state index in [1.807, 2.05) is 0 Å². The molecule has 0 N–H and O–H groups in total. The third-order valence-corrected chi connectivity index (χ3v) is 6.29. The molecule has 23 heavy (non-hydrogen) atoms. The summed E-state index contributed by atoms with van der Waals surface area (Å²) in [7, 11) is 3.39. The first-order chi connectivity index (χ1) is 10.8. The van der Waals surface area contributed by atoms with Crippen LogP contribution >= 0.6 is 35.0 Å². The summed E-state index contributed by atoms with van der Waals surface area (Å²) < 4.78 is 3.82. The average molecular weight is 377 g/mol. The van der Waals surface area contributed by atoms with Gasteiger partial charge in [-0.25, -0.2) is 9.78 Å². The number of imidazole rings is 1. The molecule has 0 aromatic carbocycles. The fraction of sp³-hybridized carbons (Fsp3) is 0.643.